The van der Waals surface area contributed by atoms with E-state index in [4.69, 9.17) is 9.47 Å². The van der Waals surface area contributed by atoms with Crippen molar-refractivity contribution < 1.29 is 36.3 Å². The zero-order valence-corrected chi connectivity index (χ0v) is 29.6. The van der Waals surface area contributed by atoms with E-state index in [1.54, 1.807) is 52.8 Å². The quantitative estimate of drug-likeness (QED) is 0.205. The van der Waals surface area contributed by atoms with Gasteiger partial charge in [-0.3, -0.25) is 14.5 Å². The molecule has 2 N–H and O–H groups in total. The normalized spacial score (nSPS) is 19.2. The van der Waals surface area contributed by atoms with Crippen LogP contribution in [0.3, 0.4) is 0 Å². The van der Waals surface area contributed by atoms with Gasteiger partial charge in [-0.15, -0.1) is 0 Å². The lowest BCUT2D eigenvalue weighted by Gasteiger charge is -2.31. The molecule has 1 unspecified atom stereocenters. The van der Waals surface area contributed by atoms with Crippen molar-refractivity contribution in [1.29, 1.82) is 0 Å². The van der Waals surface area contributed by atoms with E-state index in [1.165, 1.54) is 41.6 Å². The van der Waals surface area contributed by atoms with E-state index in [0.717, 1.165) is 16.1 Å². The second-order valence-electron chi connectivity index (χ2n) is 13.8. The second kappa shape index (κ2) is 13.1. The number of ether oxygens (including phenoxy) is 2. The third-order valence-electron chi connectivity index (χ3n) is 9.19. The number of allylic oxidation sites excluding steroid dienone is 3. The van der Waals surface area contributed by atoms with Crippen LogP contribution < -0.4 is 15.6 Å². The fraction of sp³-hybridized carbons (Fsp3) is 0.324. The number of rotatable bonds is 7. The number of aromatic nitrogens is 2. The van der Waals surface area contributed by atoms with Crippen LogP contribution >= 0.6 is 0 Å². The van der Waals surface area contributed by atoms with Crippen molar-refractivity contribution in [1.82, 2.24) is 13.9 Å². The number of aromatic amines is 1. The topological polar surface area (TPSA) is 140 Å². The van der Waals surface area contributed by atoms with Gasteiger partial charge < -0.3 is 19.8 Å². The van der Waals surface area contributed by atoms with Crippen molar-refractivity contribution in [2.45, 2.75) is 70.3 Å². The van der Waals surface area contributed by atoms with Gasteiger partial charge in [0.15, 0.2) is 11.6 Å². The van der Waals surface area contributed by atoms with Gasteiger partial charge in [0.2, 0.25) is 15.9 Å². The van der Waals surface area contributed by atoms with Crippen LogP contribution in [0.15, 0.2) is 83.5 Å². The summed E-state index contributed by atoms with van der Waals surface area (Å²) in [6, 6.07) is 8.01. The van der Waals surface area contributed by atoms with E-state index in [-0.39, 0.29) is 40.1 Å². The first-order valence-corrected chi connectivity index (χ1v) is 17.8. The molecule has 1 aliphatic heterocycles. The minimum Gasteiger partial charge on any atom is -0.454 e. The summed E-state index contributed by atoms with van der Waals surface area (Å²) in [5.41, 5.74) is -0.159. The average molecular weight is 721 g/mol. The Hall–Kier alpha value is -5.24. The molecule has 11 nitrogen and oxygen atoms in total. The highest BCUT2D eigenvalue weighted by atomic mass is 32.2. The maximum absolute atomic E-state index is 14.8. The molecule has 2 aromatic heterocycles. The molecule has 51 heavy (non-hydrogen) atoms. The number of hydrogen-bond acceptors (Lipinski definition) is 7. The van der Waals surface area contributed by atoms with Crippen LogP contribution in [0, 0.1) is 11.6 Å². The first-order chi connectivity index (χ1) is 24.0. The number of pyridine rings is 1. The van der Waals surface area contributed by atoms with Gasteiger partial charge in [0, 0.05) is 47.2 Å². The number of fused-ring (bicyclic) bond motifs is 1. The van der Waals surface area contributed by atoms with Crippen LogP contribution in [-0.4, -0.2) is 57.2 Å². The molecule has 1 aliphatic carbocycles. The Bertz CT molecular complexity index is 2290. The van der Waals surface area contributed by atoms with E-state index in [1.807, 2.05) is 0 Å². The third kappa shape index (κ3) is 6.67. The Morgan fingerprint density at radius 3 is 2.51 bits per heavy atom. The van der Waals surface area contributed by atoms with Crippen LogP contribution in [-0.2, 0) is 19.6 Å². The Morgan fingerprint density at radius 1 is 1.06 bits per heavy atom. The van der Waals surface area contributed by atoms with E-state index in [2.05, 4.69) is 10.3 Å². The van der Waals surface area contributed by atoms with Crippen molar-refractivity contribution in [2.75, 3.05) is 11.9 Å². The number of carbonyl (C=O) groups is 2. The maximum atomic E-state index is 14.8. The molecule has 0 saturated carbocycles. The maximum Gasteiger partial charge on any atom is 0.410 e. The molecule has 2 atom stereocenters. The molecular formula is C37H38F2N4O7S. The van der Waals surface area contributed by atoms with Crippen LogP contribution in [0.5, 0.6) is 11.5 Å². The Balaban J connectivity index is 1.44. The molecule has 0 bridgehead atoms. The molecule has 2 aromatic carbocycles. The van der Waals surface area contributed by atoms with Gasteiger partial charge in [-0.1, -0.05) is 23.8 Å². The monoisotopic (exact) mass is 720 g/mol. The number of H-pyrrole nitrogens is 1. The van der Waals surface area contributed by atoms with Gasteiger partial charge in [0.05, 0.1) is 0 Å². The Kier molecular flexibility index (Phi) is 9.17. The first kappa shape index (κ1) is 35.6. The van der Waals surface area contributed by atoms with E-state index < -0.39 is 55.6 Å². The summed E-state index contributed by atoms with van der Waals surface area (Å²) in [5.74, 6) is -2.48. The minimum absolute atomic E-state index is 0.0573. The molecule has 2 amide bonds. The van der Waals surface area contributed by atoms with Crippen LogP contribution in [0.1, 0.15) is 53.9 Å². The molecule has 268 valence electrons. The minimum atomic E-state index is -4.18. The van der Waals surface area contributed by atoms with Gasteiger partial charge >= 0.3 is 6.09 Å². The predicted octanol–water partition coefficient (Wildman–Crippen LogP) is 7.25. The highest BCUT2D eigenvalue weighted by molar-refractivity contribution is 7.91. The number of hydrogen-bond donors (Lipinski definition) is 2. The van der Waals surface area contributed by atoms with E-state index >= 15 is 0 Å². The van der Waals surface area contributed by atoms with Gasteiger partial charge in [-0.05, 0) is 90.3 Å². The molecule has 1 fully saturated rings. The SMILES string of the molecule is CC1=CC=CCC1(C)S(=O)(=O)n1ccc2c(-c3cc(NC(=O)[C@@H]4CCCN4C(=O)OC(C)(C)C)ccc3Oc3ccc(F)cc3F)c[nH]c(=O)c21. The van der Waals surface area contributed by atoms with E-state index in [0.29, 0.717) is 36.6 Å². The third-order valence-corrected chi connectivity index (χ3v) is 11.6. The van der Waals surface area contributed by atoms with Crippen LogP contribution in [0.2, 0.25) is 0 Å². The lowest BCUT2D eigenvalue weighted by atomic mass is 9.94. The number of nitrogens with one attached hydrogen (secondary N) is 2. The number of anilines is 1. The molecule has 0 radical (unpaired) electrons. The number of nitrogens with zero attached hydrogens (tertiary/aromatic N) is 2. The first-order valence-electron chi connectivity index (χ1n) is 16.4. The zero-order chi connectivity index (χ0) is 36.9. The van der Waals surface area contributed by atoms with Crippen molar-refractivity contribution in [3.63, 3.8) is 0 Å². The molecule has 6 rings (SSSR count). The summed E-state index contributed by atoms with van der Waals surface area (Å²) in [5, 5.41) is 3.08. The fourth-order valence-electron chi connectivity index (χ4n) is 6.32. The number of halogens is 2. The van der Waals surface area contributed by atoms with Gasteiger partial charge in [0.25, 0.3) is 5.56 Å². The smallest absolute Gasteiger partial charge is 0.410 e. The number of benzene rings is 2. The van der Waals surface area contributed by atoms with E-state index in [9.17, 15) is 31.6 Å². The largest absolute Gasteiger partial charge is 0.454 e. The fourth-order valence-corrected chi connectivity index (χ4v) is 8.18. The predicted molar refractivity (Wildman–Crippen MR) is 189 cm³/mol. The molecular weight excluding hydrogens is 682 g/mol. The second-order valence-corrected chi connectivity index (χ2v) is 16.1. The molecule has 14 heteroatoms. The summed E-state index contributed by atoms with van der Waals surface area (Å²) in [4.78, 5) is 43.8. The van der Waals surface area contributed by atoms with Gasteiger partial charge in [0.1, 0.15) is 33.5 Å². The molecule has 0 spiro atoms. The Labute approximate surface area is 293 Å². The highest BCUT2D eigenvalue weighted by Crippen LogP contribution is 2.41. The summed E-state index contributed by atoms with van der Waals surface area (Å²) >= 11 is 0. The number of carbonyl (C=O) groups excluding carboxylic acids is 2. The highest BCUT2D eigenvalue weighted by Gasteiger charge is 2.43. The van der Waals surface area contributed by atoms with Gasteiger partial charge in [-0.25, -0.2) is 26.0 Å². The molecule has 3 heterocycles. The molecule has 1 saturated heterocycles. The zero-order valence-electron chi connectivity index (χ0n) is 28.8. The average Bonchev–Trinajstić information content (AvgIpc) is 3.74. The summed E-state index contributed by atoms with van der Waals surface area (Å²) in [6.45, 7) is 8.88. The molecule has 2 aliphatic rings. The number of likely N-dealkylation sites (tertiary alicyclic amines) is 1. The van der Waals surface area contributed by atoms with Crippen molar-refractivity contribution in [2.24, 2.45) is 0 Å². The summed E-state index contributed by atoms with van der Waals surface area (Å²) in [7, 11) is -4.18. The standard InChI is InChI=1S/C37H38F2N4O7S/c1-22-9-6-7-16-37(22,5)51(47,48)43-18-15-25-27(21-40-34(45)32(25)43)26-20-24(12-14-30(26)49-31-13-11-23(38)19-28(31)39)41-33(44)29-10-8-17-42(29)35(46)50-36(2,3)4/h6-7,9,11-15,18-21,29H,8,10,16-17H2,1-5H3,(H,40,45)(H,41,44)/t29-,37?/m0/s1. The summed E-state index contributed by atoms with van der Waals surface area (Å²) < 4.78 is 67.9. The van der Waals surface area contributed by atoms with Crippen LogP contribution in [0.4, 0.5) is 19.3 Å². The van der Waals surface area contributed by atoms with Gasteiger partial charge in [-0.2, -0.15) is 0 Å². The Morgan fingerprint density at radius 2 is 1.80 bits per heavy atom. The van der Waals surface area contributed by atoms with Crippen LogP contribution in [0.25, 0.3) is 22.0 Å². The van der Waals surface area contributed by atoms with Crippen molar-refractivity contribution in [3.8, 4) is 22.6 Å². The number of amides is 2. The molecule has 4 aromatic rings. The lowest BCUT2D eigenvalue weighted by Crippen LogP contribution is -2.45. The lowest BCUT2D eigenvalue weighted by molar-refractivity contribution is -0.120. The van der Waals surface area contributed by atoms with Crippen molar-refractivity contribution >= 4 is 38.6 Å². The summed E-state index contributed by atoms with van der Waals surface area (Å²) in [6.07, 6.45) is 8.54. The van der Waals surface area contributed by atoms with Crippen molar-refractivity contribution in [3.05, 3.63) is 101 Å².